The van der Waals surface area contributed by atoms with E-state index in [1.165, 1.54) is 24.1 Å². The molecule has 4 aromatic carbocycles. The Morgan fingerprint density at radius 2 is 1.51 bits per heavy atom. The van der Waals surface area contributed by atoms with Crippen molar-refractivity contribution in [3.05, 3.63) is 117 Å². The van der Waals surface area contributed by atoms with Gasteiger partial charge in [-0.15, -0.1) is 0 Å². The molecular weight excluding hydrogens is 594 g/mol. The molecule has 0 bridgehead atoms. The highest BCUT2D eigenvalue weighted by molar-refractivity contribution is 5.84. The molecule has 0 aliphatic heterocycles. The van der Waals surface area contributed by atoms with Gasteiger partial charge in [0.2, 0.25) is 23.0 Å². The molecule has 1 aliphatic rings. The van der Waals surface area contributed by atoms with Crippen LogP contribution in [0.15, 0.2) is 89.7 Å². The summed E-state index contributed by atoms with van der Waals surface area (Å²) in [5.74, 6) is 1.14. The molecular formula is C38H41N3O6. The number of methoxy groups -OCH3 is 3. The van der Waals surface area contributed by atoms with Gasteiger partial charge in [-0.2, -0.15) is 0 Å². The van der Waals surface area contributed by atoms with Crippen molar-refractivity contribution >= 4 is 17.5 Å². The summed E-state index contributed by atoms with van der Waals surface area (Å²) in [6.45, 7) is 1.85. The number of hydrogen-bond acceptors (Lipinski definition) is 7. The molecule has 0 fully saturated rings. The average molecular weight is 636 g/mol. The van der Waals surface area contributed by atoms with Crippen LogP contribution >= 0.6 is 0 Å². The maximum absolute atomic E-state index is 13.6. The monoisotopic (exact) mass is 635 g/mol. The van der Waals surface area contributed by atoms with Crippen LogP contribution in [0.25, 0.3) is 11.1 Å². The molecule has 0 spiro atoms. The third-order valence-corrected chi connectivity index (χ3v) is 8.51. The topological polar surface area (TPSA) is 115 Å². The van der Waals surface area contributed by atoms with Crippen molar-refractivity contribution in [2.24, 2.45) is 0 Å². The van der Waals surface area contributed by atoms with E-state index in [-0.39, 0.29) is 35.4 Å². The predicted octanol–water partition coefficient (Wildman–Crippen LogP) is 5.61. The molecule has 2 amide bonds. The van der Waals surface area contributed by atoms with Crippen LogP contribution in [0.1, 0.15) is 54.0 Å². The number of amides is 2. The second-order valence-electron chi connectivity index (χ2n) is 11.5. The fraction of sp³-hybridized carbons (Fsp3) is 0.289. The van der Waals surface area contributed by atoms with Gasteiger partial charge in [0, 0.05) is 24.9 Å². The van der Waals surface area contributed by atoms with E-state index in [9.17, 15) is 14.4 Å². The summed E-state index contributed by atoms with van der Waals surface area (Å²) in [5.41, 5.74) is 5.41. The maximum atomic E-state index is 13.6. The van der Waals surface area contributed by atoms with Gasteiger partial charge in [-0.05, 0) is 65.3 Å². The first-order chi connectivity index (χ1) is 22.8. The third kappa shape index (κ3) is 7.57. The van der Waals surface area contributed by atoms with E-state index >= 15 is 0 Å². The van der Waals surface area contributed by atoms with E-state index in [0.29, 0.717) is 42.2 Å². The Morgan fingerprint density at radius 1 is 0.851 bits per heavy atom. The third-order valence-electron chi connectivity index (χ3n) is 8.51. The SMILES string of the molecule is COc1cc2c(c(OC)c1OC)-c1ccc(NCC(=O)NCCC(c3ccccc3)c3ccccc3)c(=O)cc1[C@@H](NC(C)=O)CC2. The Labute approximate surface area is 275 Å². The van der Waals surface area contributed by atoms with E-state index in [1.54, 1.807) is 27.4 Å². The number of aryl methyl sites for hydroxylation is 1. The lowest BCUT2D eigenvalue weighted by atomic mass is 9.88. The van der Waals surface area contributed by atoms with Crippen LogP contribution in [0.2, 0.25) is 0 Å². The Hall–Kier alpha value is -5.31. The molecule has 3 N–H and O–H groups in total. The molecule has 0 radical (unpaired) electrons. The zero-order chi connectivity index (χ0) is 33.3. The quantitative estimate of drug-likeness (QED) is 0.185. The Bertz CT molecular complexity index is 1740. The average Bonchev–Trinajstić information content (AvgIpc) is 3.33. The zero-order valence-corrected chi connectivity index (χ0v) is 27.2. The Morgan fingerprint density at radius 3 is 2.11 bits per heavy atom. The molecule has 244 valence electrons. The van der Waals surface area contributed by atoms with Gasteiger partial charge in [-0.3, -0.25) is 14.4 Å². The van der Waals surface area contributed by atoms with E-state index in [0.717, 1.165) is 23.1 Å². The summed E-state index contributed by atoms with van der Waals surface area (Å²) in [5, 5.41) is 9.04. The predicted molar refractivity (Wildman–Crippen MR) is 184 cm³/mol. The largest absolute Gasteiger partial charge is 0.493 e. The minimum atomic E-state index is -0.421. The number of fused-ring (bicyclic) bond motifs is 3. The number of anilines is 1. The highest BCUT2D eigenvalue weighted by Crippen LogP contribution is 2.50. The molecule has 0 saturated heterocycles. The number of hydrogen-bond donors (Lipinski definition) is 3. The van der Waals surface area contributed by atoms with Crippen molar-refractivity contribution in [2.75, 3.05) is 39.7 Å². The van der Waals surface area contributed by atoms with Crippen molar-refractivity contribution in [3.8, 4) is 28.4 Å². The molecule has 0 unspecified atom stereocenters. The lowest BCUT2D eigenvalue weighted by molar-refractivity contribution is -0.120. The highest BCUT2D eigenvalue weighted by Gasteiger charge is 2.29. The van der Waals surface area contributed by atoms with Gasteiger partial charge >= 0.3 is 0 Å². The Kier molecular flexibility index (Phi) is 10.8. The number of carbonyl (C=O) groups is 2. The van der Waals surface area contributed by atoms with E-state index in [1.807, 2.05) is 48.5 Å². The smallest absolute Gasteiger partial charge is 0.239 e. The van der Waals surface area contributed by atoms with Crippen LogP contribution in [0.3, 0.4) is 0 Å². The first-order valence-electron chi connectivity index (χ1n) is 15.7. The minimum absolute atomic E-state index is 0.0781. The van der Waals surface area contributed by atoms with Gasteiger partial charge in [0.15, 0.2) is 11.5 Å². The van der Waals surface area contributed by atoms with Crippen LogP contribution in [0.4, 0.5) is 5.69 Å². The summed E-state index contributed by atoms with van der Waals surface area (Å²) in [6.07, 6.45) is 1.88. The van der Waals surface area contributed by atoms with Crippen LogP contribution in [0, 0.1) is 0 Å². The molecule has 9 heteroatoms. The second kappa shape index (κ2) is 15.3. The van der Waals surface area contributed by atoms with Crippen LogP contribution in [0.5, 0.6) is 17.2 Å². The van der Waals surface area contributed by atoms with E-state index < -0.39 is 6.04 Å². The van der Waals surface area contributed by atoms with Gasteiger partial charge in [0.05, 0.1) is 39.6 Å². The normalized spacial score (nSPS) is 13.4. The van der Waals surface area contributed by atoms with Gasteiger partial charge in [0.25, 0.3) is 0 Å². The van der Waals surface area contributed by atoms with Crippen LogP contribution < -0.4 is 35.6 Å². The van der Waals surface area contributed by atoms with E-state index in [4.69, 9.17) is 14.2 Å². The Balaban J connectivity index is 1.38. The maximum Gasteiger partial charge on any atom is 0.239 e. The van der Waals surface area contributed by atoms with Gasteiger partial charge in [-0.1, -0.05) is 66.7 Å². The number of benzene rings is 3. The number of rotatable bonds is 12. The zero-order valence-electron chi connectivity index (χ0n) is 27.2. The summed E-state index contributed by atoms with van der Waals surface area (Å²) < 4.78 is 17.1. The van der Waals surface area contributed by atoms with Gasteiger partial charge in [-0.25, -0.2) is 0 Å². The molecule has 5 rings (SSSR count). The molecule has 9 nitrogen and oxygen atoms in total. The van der Waals surface area contributed by atoms with Crippen LogP contribution in [-0.2, 0) is 16.0 Å². The first-order valence-corrected chi connectivity index (χ1v) is 15.7. The first kappa shape index (κ1) is 33.1. The second-order valence-corrected chi connectivity index (χ2v) is 11.5. The number of ether oxygens (including phenoxy) is 3. The van der Waals surface area contributed by atoms with Crippen molar-refractivity contribution in [3.63, 3.8) is 0 Å². The molecule has 4 aromatic rings. The van der Waals surface area contributed by atoms with Gasteiger partial charge in [0.1, 0.15) is 0 Å². The standard InChI is InChI=1S/C38H41N3O6/c1-24(42)41-31-17-15-27-21-34(45-2)37(46-3)38(47-4)36(27)29-16-18-32(33(43)22-30(29)31)40-23-35(44)39-20-19-28(25-11-7-5-8-12-25)26-13-9-6-10-14-26/h5-14,16,18,21-22,28,31H,15,17,19-20,23H2,1-4H3,(H,39,44)(H,40,43)(H,41,42)/t31-/m0/s1. The molecule has 0 saturated carbocycles. The molecule has 1 atom stereocenters. The minimum Gasteiger partial charge on any atom is -0.493 e. The molecule has 47 heavy (non-hydrogen) atoms. The summed E-state index contributed by atoms with van der Waals surface area (Å²) >= 11 is 0. The van der Waals surface area contributed by atoms with Crippen LogP contribution in [-0.4, -0.2) is 46.2 Å². The van der Waals surface area contributed by atoms with Gasteiger partial charge < -0.3 is 30.2 Å². The van der Waals surface area contributed by atoms with E-state index in [2.05, 4.69) is 40.2 Å². The fourth-order valence-electron chi connectivity index (χ4n) is 6.34. The van der Waals surface area contributed by atoms with Crippen molar-refractivity contribution in [1.82, 2.24) is 10.6 Å². The summed E-state index contributed by atoms with van der Waals surface area (Å²) in [6, 6.07) is 27.0. The van der Waals surface area contributed by atoms with Crippen molar-refractivity contribution in [1.29, 1.82) is 0 Å². The summed E-state index contributed by atoms with van der Waals surface area (Å²) in [4.78, 5) is 38.7. The fourth-order valence-corrected chi connectivity index (χ4v) is 6.34. The number of nitrogens with one attached hydrogen (secondary N) is 3. The molecule has 0 aromatic heterocycles. The molecule has 0 heterocycles. The highest BCUT2D eigenvalue weighted by atomic mass is 16.5. The molecule has 1 aliphatic carbocycles. The lowest BCUT2D eigenvalue weighted by Crippen LogP contribution is -2.32. The lowest BCUT2D eigenvalue weighted by Gasteiger charge is -2.19. The number of carbonyl (C=O) groups excluding carboxylic acids is 2. The van der Waals surface area contributed by atoms with Crippen molar-refractivity contribution in [2.45, 2.75) is 38.1 Å². The van der Waals surface area contributed by atoms with Crippen molar-refractivity contribution < 1.29 is 23.8 Å². The summed E-state index contributed by atoms with van der Waals surface area (Å²) in [7, 11) is 4.67.